The molecule has 1 atom stereocenters. The Hall–Kier alpha value is -2.18. The van der Waals surface area contributed by atoms with Crippen molar-refractivity contribution < 1.29 is 9.53 Å². The Morgan fingerprint density at radius 3 is 2.79 bits per heavy atom. The third kappa shape index (κ3) is 3.71. The molecule has 3 aliphatic rings. The molecule has 154 valence electrons. The number of hydrogen-bond donors (Lipinski definition) is 1. The highest BCUT2D eigenvalue weighted by Gasteiger charge is 2.44. The van der Waals surface area contributed by atoms with Gasteiger partial charge in [0.15, 0.2) is 0 Å². The standard InChI is InChI=1S/C23H30N4O2/c28-21(16-19-6-4-5-12-24-19)26-13-10-23(11-14-26)22-18(9-15-29-23)17-27(25-22)20-7-2-1-3-8-20/h1-3,7-8,17,19,24H,4-6,9-16H2. The van der Waals surface area contributed by atoms with E-state index in [1.807, 2.05) is 27.8 Å². The van der Waals surface area contributed by atoms with Crippen molar-refractivity contribution in [3.05, 3.63) is 47.8 Å². The number of aromatic nitrogens is 2. The van der Waals surface area contributed by atoms with Crippen LogP contribution in [0.2, 0.25) is 0 Å². The van der Waals surface area contributed by atoms with Crippen LogP contribution in [0.25, 0.3) is 5.69 Å². The van der Waals surface area contributed by atoms with Crippen molar-refractivity contribution in [2.45, 2.75) is 56.6 Å². The van der Waals surface area contributed by atoms with E-state index in [0.717, 1.165) is 63.3 Å². The number of fused-ring (bicyclic) bond motifs is 2. The van der Waals surface area contributed by atoms with Gasteiger partial charge in [0.1, 0.15) is 5.60 Å². The van der Waals surface area contributed by atoms with Gasteiger partial charge in [-0.2, -0.15) is 5.10 Å². The maximum Gasteiger partial charge on any atom is 0.224 e. The molecule has 2 fully saturated rings. The first-order valence-electron chi connectivity index (χ1n) is 11.0. The Balaban J connectivity index is 1.29. The van der Waals surface area contributed by atoms with E-state index in [1.54, 1.807) is 0 Å². The lowest BCUT2D eigenvalue weighted by molar-refractivity contribution is -0.141. The molecule has 6 heteroatoms. The molecule has 1 aromatic heterocycles. The second kappa shape index (κ2) is 7.92. The van der Waals surface area contributed by atoms with Gasteiger partial charge in [-0.3, -0.25) is 4.79 Å². The predicted molar refractivity (Wildman–Crippen MR) is 111 cm³/mol. The second-order valence-electron chi connectivity index (χ2n) is 8.61. The summed E-state index contributed by atoms with van der Waals surface area (Å²) in [4.78, 5) is 14.8. The summed E-state index contributed by atoms with van der Waals surface area (Å²) in [6.07, 6.45) is 8.92. The van der Waals surface area contributed by atoms with Crippen LogP contribution < -0.4 is 5.32 Å². The molecule has 5 rings (SSSR count). The minimum Gasteiger partial charge on any atom is -0.368 e. The molecular formula is C23H30N4O2. The third-order valence-corrected chi connectivity index (χ3v) is 6.75. The fourth-order valence-corrected chi connectivity index (χ4v) is 5.05. The van der Waals surface area contributed by atoms with Crippen molar-refractivity contribution in [1.82, 2.24) is 20.0 Å². The SMILES string of the molecule is O=C(CC1CCCCN1)N1CCC2(CC1)OCCc1cn(-c3ccccc3)nc12. The number of benzene rings is 1. The number of nitrogens with one attached hydrogen (secondary N) is 1. The highest BCUT2D eigenvalue weighted by atomic mass is 16.5. The van der Waals surface area contributed by atoms with Crippen LogP contribution >= 0.6 is 0 Å². The lowest BCUT2D eigenvalue weighted by atomic mass is 9.83. The monoisotopic (exact) mass is 394 g/mol. The van der Waals surface area contributed by atoms with Crippen LogP contribution in [0.4, 0.5) is 0 Å². The summed E-state index contributed by atoms with van der Waals surface area (Å²) in [7, 11) is 0. The molecule has 4 heterocycles. The number of rotatable bonds is 3. The van der Waals surface area contributed by atoms with Gasteiger partial charge >= 0.3 is 0 Å². The second-order valence-corrected chi connectivity index (χ2v) is 8.61. The lowest BCUT2D eigenvalue weighted by Gasteiger charge is -2.43. The van der Waals surface area contributed by atoms with Gasteiger partial charge in [0.05, 0.1) is 18.0 Å². The van der Waals surface area contributed by atoms with Crippen LogP contribution in [-0.2, 0) is 21.6 Å². The molecule has 6 nitrogen and oxygen atoms in total. The topological polar surface area (TPSA) is 59.4 Å². The van der Waals surface area contributed by atoms with E-state index in [2.05, 4.69) is 23.6 Å². The predicted octanol–water partition coefficient (Wildman–Crippen LogP) is 2.79. The third-order valence-electron chi connectivity index (χ3n) is 6.75. The van der Waals surface area contributed by atoms with Gasteiger partial charge in [0.2, 0.25) is 5.91 Å². The number of carbonyl (C=O) groups excluding carboxylic acids is 1. The molecule has 1 amide bonds. The van der Waals surface area contributed by atoms with Gasteiger partial charge in [0, 0.05) is 31.7 Å². The molecule has 1 N–H and O–H groups in total. The zero-order chi connectivity index (χ0) is 19.7. The summed E-state index contributed by atoms with van der Waals surface area (Å²) in [5.74, 6) is 0.282. The quantitative estimate of drug-likeness (QED) is 0.870. The Morgan fingerprint density at radius 2 is 2.03 bits per heavy atom. The van der Waals surface area contributed by atoms with E-state index in [-0.39, 0.29) is 11.5 Å². The number of amides is 1. The lowest BCUT2D eigenvalue weighted by Crippen LogP contribution is -2.49. The number of nitrogens with zero attached hydrogens (tertiary/aromatic N) is 3. The Kier molecular flexibility index (Phi) is 5.14. The molecule has 3 aliphatic heterocycles. The number of hydrogen-bond acceptors (Lipinski definition) is 4. The number of likely N-dealkylation sites (tertiary alicyclic amines) is 1. The summed E-state index contributed by atoms with van der Waals surface area (Å²) in [6, 6.07) is 10.6. The maximum atomic E-state index is 12.8. The minimum atomic E-state index is -0.340. The van der Waals surface area contributed by atoms with E-state index in [4.69, 9.17) is 9.84 Å². The fourth-order valence-electron chi connectivity index (χ4n) is 5.05. The van der Waals surface area contributed by atoms with E-state index in [0.29, 0.717) is 12.5 Å². The van der Waals surface area contributed by atoms with Crippen LogP contribution in [0.15, 0.2) is 36.5 Å². The van der Waals surface area contributed by atoms with Crippen molar-refractivity contribution in [3.63, 3.8) is 0 Å². The van der Waals surface area contributed by atoms with E-state index >= 15 is 0 Å². The normalized spacial score (nSPS) is 23.7. The fraction of sp³-hybridized carbons (Fsp3) is 0.565. The smallest absolute Gasteiger partial charge is 0.224 e. The molecule has 1 spiro atoms. The van der Waals surface area contributed by atoms with Gasteiger partial charge in [-0.1, -0.05) is 24.6 Å². The van der Waals surface area contributed by atoms with Crippen molar-refractivity contribution in [2.24, 2.45) is 0 Å². The molecule has 0 saturated carbocycles. The summed E-state index contributed by atoms with van der Waals surface area (Å²) in [5, 5.41) is 8.43. The Morgan fingerprint density at radius 1 is 1.21 bits per heavy atom. The summed E-state index contributed by atoms with van der Waals surface area (Å²) >= 11 is 0. The maximum absolute atomic E-state index is 12.8. The van der Waals surface area contributed by atoms with Gasteiger partial charge in [-0.25, -0.2) is 4.68 Å². The average molecular weight is 395 g/mol. The largest absolute Gasteiger partial charge is 0.368 e. The number of piperidine rings is 2. The van der Waals surface area contributed by atoms with Crippen molar-refractivity contribution in [2.75, 3.05) is 26.2 Å². The molecule has 0 radical (unpaired) electrons. The molecular weight excluding hydrogens is 364 g/mol. The van der Waals surface area contributed by atoms with Crippen molar-refractivity contribution >= 4 is 5.91 Å². The zero-order valence-corrected chi connectivity index (χ0v) is 17.0. The molecule has 2 saturated heterocycles. The summed E-state index contributed by atoms with van der Waals surface area (Å²) < 4.78 is 8.31. The number of para-hydroxylation sites is 1. The molecule has 0 aliphatic carbocycles. The van der Waals surface area contributed by atoms with E-state index in [9.17, 15) is 4.79 Å². The highest BCUT2D eigenvalue weighted by Crippen LogP contribution is 2.41. The first-order chi connectivity index (χ1) is 14.2. The summed E-state index contributed by atoms with van der Waals surface area (Å²) in [5.41, 5.74) is 3.09. The van der Waals surface area contributed by atoms with Crippen LogP contribution in [-0.4, -0.2) is 52.9 Å². The minimum absolute atomic E-state index is 0.282. The van der Waals surface area contributed by atoms with Crippen LogP contribution in [0.1, 0.15) is 49.8 Å². The van der Waals surface area contributed by atoms with Gasteiger partial charge in [-0.15, -0.1) is 0 Å². The van der Waals surface area contributed by atoms with Gasteiger partial charge in [-0.05, 0) is 56.3 Å². The molecule has 1 unspecified atom stereocenters. The Bertz CT molecular complexity index is 849. The number of carbonyl (C=O) groups is 1. The van der Waals surface area contributed by atoms with E-state index in [1.165, 1.54) is 18.4 Å². The average Bonchev–Trinajstić information content (AvgIpc) is 3.22. The van der Waals surface area contributed by atoms with Gasteiger partial charge in [0.25, 0.3) is 0 Å². The molecule has 1 aromatic carbocycles. The van der Waals surface area contributed by atoms with Gasteiger partial charge < -0.3 is 15.0 Å². The first kappa shape index (κ1) is 18.8. The Labute approximate surface area is 172 Å². The van der Waals surface area contributed by atoms with Crippen LogP contribution in [0.5, 0.6) is 0 Å². The molecule has 2 aromatic rings. The molecule has 29 heavy (non-hydrogen) atoms. The van der Waals surface area contributed by atoms with Crippen LogP contribution in [0, 0.1) is 0 Å². The zero-order valence-electron chi connectivity index (χ0n) is 17.0. The highest BCUT2D eigenvalue weighted by molar-refractivity contribution is 5.77. The number of ether oxygens (including phenoxy) is 1. The first-order valence-corrected chi connectivity index (χ1v) is 11.0. The summed E-state index contributed by atoms with van der Waals surface area (Å²) in [6.45, 7) is 3.28. The van der Waals surface area contributed by atoms with E-state index < -0.39 is 0 Å². The molecule has 0 bridgehead atoms. The van der Waals surface area contributed by atoms with Crippen molar-refractivity contribution in [1.29, 1.82) is 0 Å². The van der Waals surface area contributed by atoms with Crippen LogP contribution in [0.3, 0.4) is 0 Å². The van der Waals surface area contributed by atoms with Crippen molar-refractivity contribution in [3.8, 4) is 5.69 Å².